The monoisotopic (exact) mass is 263 g/mol. The minimum Gasteiger partial charge on any atom is -0.305 e. The second kappa shape index (κ2) is 4.38. The Balaban J connectivity index is 1.69. The van der Waals surface area contributed by atoms with Crippen LogP contribution in [0.15, 0.2) is 54.5 Å². The van der Waals surface area contributed by atoms with Gasteiger partial charge in [0.05, 0.1) is 17.4 Å². The second-order valence-corrected chi connectivity index (χ2v) is 4.75. The van der Waals surface area contributed by atoms with E-state index in [-0.39, 0.29) is 0 Å². The SMILES string of the molecule is C1=C(Cc2cnn3ncccc23)NNc2ccccc21. The first kappa shape index (κ1) is 11.0. The Labute approximate surface area is 115 Å². The van der Waals surface area contributed by atoms with Gasteiger partial charge in [-0.15, -0.1) is 0 Å². The summed E-state index contributed by atoms with van der Waals surface area (Å²) in [6.07, 6.45) is 6.55. The molecule has 0 aliphatic carbocycles. The Kier molecular flexibility index (Phi) is 2.42. The maximum absolute atomic E-state index is 4.26. The number of hydrogen-bond acceptors (Lipinski definition) is 4. The molecule has 4 rings (SSSR count). The van der Waals surface area contributed by atoms with Gasteiger partial charge in [0.15, 0.2) is 0 Å². The lowest BCUT2D eigenvalue weighted by Gasteiger charge is -2.20. The van der Waals surface area contributed by atoms with E-state index in [1.807, 2.05) is 30.5 Å². The van der Waals surface area contributed by atoms with Crippen molar-refractivity contribution in [2.45, 2.75) is 6.42 Å². The Bertz CT molecular complexity index is 803. The summed E-state index contributed by atoms with van der Waals surface area (Å²) in [6.45, 7) is 0. The van der Waals surface area contributed by atoms with Gasteiger partial charge in [0.25, 0.3) is 0 Å². The number of allylic oxidation sites excluding steroid dienone is 1. The van der Waals surface area contributed by atoms with Crippen LogP contribution in [-0.4, -0.2) is 14.8 Å². The molecule has 0 saturated carbocycles. The Hall–Kier alpha value is -2.82. The molecule has 3 heterocycles. The van der Waals surface area contributed by atoms with E-state index in [0.29, 0.717) is 0 Å². The molecule has 2 N–H and O–H groups in total. The van der Waals surface area contributed by atoms with E-state index in [1.54, 1.807) is 10.8 Å². The van der Waals surface area contributed by atoms with Gasteiger partial charge < -0.3 is 10.9 Å². The molecule has 1 aromatic carbocycles. The fraction of sp³-hybridized carbons (Fsp3) is 0.0667. The molecule has 20 heavy (non-hydrogen) atoms. The number of nitrogens with one attached hydrogen (secondary N) is 2. The Morgan fingerprint density at radius 3 is 2.95 bits per heavy atom. The molecule has 0 bridgehead atoms. The highest BCUT2D eigenvalue weighted by Crippen LogP contribution is 2.23. The third-order valence-corrected chi connectivity index (χ3v) is 3.41. The molecule has 5 heteroatoms. The summed E-state index contributed by atoms with van der Waals surface area (Å²) in [5, 5.41) is 8.44. The lowest BCUT2D eigenvalue weighted by molar-refractivity contribution is 0.800. The summed E-state index contributed by atoms with van der Waals surface area (Å²) >= 11 is 0. The van der Waals surface area contributed by atoms with Crippen molar-refractivity contribution in [2.75, 3.05) is 5.43 Å². The van der Waals surface area contributed by atoms with Crippen molar-refractivity contribution >= 4 is 17.3 Å². The van der Waals surface area contributed by atoms with Crippen molar-refractivity contribution < 1.29 is 0 Å². The first-order chi connectivity index (χ1) is 9.90. The van der Waals surface area contributed by atoms with E-state index in [0.717, 1.165) is 28.9 Å². The zero-order valence-corrected chi connectivity index (χ0v) is 10.7. The van der Waals surface area contributed by atoms with Crippen molar-refractivity contribution in [3.8, 4) is 0 Å². The lowest BCUT2D eigenvalue weighted by atomic mass is 10.1. The van der Waals surface area contributed by atoms with Gasteiger partial charge in [0, 0.05) is 29.4 Å². The molecule has 0 unspecified atom stereocenters. The Morgan fingerprint density at radius 2 is 1.95 bits per heavy atom. The van der Waals surface area contributed by atoms with Crippen molar-refractivity contribution in [3.05, 3.63) is 65.6 Å². The molecule has 3 aromatic rings. The zero-order valence-electron chi connectivity index (χ0n) is 10.7. The summed E-state index contributed by atoms with van der Waals surface area (Å²) < 4.78 is 1.65. The number of nitrogens with zero attached hydrogens (tertiary/aromatic N) is 3. The summed E-state index contributed by atoms with van der Waals surface area (Å²) in [5.74, 6) is 0. The van der Waals surface area contributed by atoms with Gasteiger partial charge in [0.2, 0.25) is 0 Å². The van der Waals surface area contributed by atoms with E-state index in [2.05, 4.69) is 39.3 Å². The number of aromatic nitrogens is 3. The van der Waals surface area contributed by atoms with Crippen LogP contribution in [0.5, 0.6) is 0 Å². The molecule has 0 atom stereocenters. The first-order valence-corrected chi connectivity index (χ1v) is 6.50. The van der Waals surface area contributed by atoms with E-state index >= 15 is 0 Å². The molecule has 1 aliphatic rings. The third-order valence-electron chi connectivity index (χ3n) is 3.41. The molecule has 0 radical (unpaired) electrons. The molecular formula is C15H13N5. The lowest BCUT2D eigenvalue weighted by Crippen LogP contribution is -2.25. The summed E-state index contributed by atoms with van der Waals surface area (Å²) in [5.41, 5.74) is 12.0. The number of benzene rings is 1. The predicted molar refractivity (Wildman–Crippen MR) is 77.9 cm³/mol. The molecule has 0 saturated heterocycles. The van der Waals surface area contributed by atoms with Gasteiger partial charge in [0.1, 0.15) is 0 Å². The van der Waals surface area contributed by atoms with Crippen molar-refractivity contribution in [3.63, 3.8) is 0 Å². The third kappa shape index (κ3) is 1.80. The largest absolute Gasteiger partial charge is 0.305 e. The predicted octanol–water partition coefficient (Wildman–Crippen LogP) is 2.24. The number of hydrogen-bond donors (Lipinski definition) is 2. The van der Waals surface area contributed by atoms with Crippen LogP contribution in [-0.2, 0) is 6.42 Å². The minimum absolute atomic E-state index is 0.788. The van der Waals surface area contributed by atoms with Crippen LogP contribution < -0.4 is 10.9 Å². The molecule has 2 aromatic heterocycles. The molecule has 98 valence electrons. The zero-order chi connectivity index (χ0) is 13.4. The highest BCUT2D eigenvalue weighted by Gasteiger charge is 2.11. The molecule has 5 nitrogen and oxygen atoms in total. The van der Waals surface area contributed by atoms with Crippen molar-refractivity contribution in [2.24, 2.45) is 0 Å². The molecule has 1 aliphatic heterocycles. The summed E-state index contributed by atoms with van der Waals surface area (Å²) in [7, 11) is 0. The van der Waals surface area contributed by atoms with Crippen LogP contribution in [0.4, 0.5) is 5.69 Å². The van der Waals surface area contributed by atoms with Crippen LogP contribution in [0.2, 0.25) is 0 Å². The normalized spacial score (nSPS) is 13.3. The van der Waals surface area contributed by atoms with E-state index in [4.69, 9.17) is 0 Å². The number of rotatable bonds is 2. The molecule has 0 fully saturated rings. The van der Waals surface area contributed by atoms with Gasteiger partial charge in [-0.05, 0) is 24.3 Å². The van der Waals surface area contributed by atoms with Gasteiger partial charge in [-0.25, -0.2) is 0 Å². The van der Waals surface area contributed by atoms with Gasteiger partial charge in [-0.1, -0.05) is 18.2 Å². The topological polar surface area (TPSA) is 54.2 Å². The maximum atomic E-state index is 4.26. The van der Waals surface area contributed by atoms with E-state index in [9.17, 15) is 0 Å². The second-order valence-electron chi connectivity index (χ2n) is 4.75. The highest BCUT2D eigenvalue weighted by atomic mass is 15.4. The van der Waals surface area contributed by atoms with E-state index < -0.39 is 0 Å². The number of fused-ring (bicyclic) bond motifs is 2. The maximum Gasteiger partial charge on any atom is 0.0909 e. The first-order valence-electron chi connectivity index (χ1n) is 6.50. The fourth-order valence-corrected chi connectivity index (χ4v) is 2.43. The summed E-state index contributed by atoms with van der Waals surface area (Å²) in [4.78, 5) is 0. The summed E-state index contributed by atoms with van der Waals surface area (Å²) in [6, 6.07) is 12.2. The Morgan fingerprint density at radius 1 is 1.00 bits per heavy atom. The molecule has 0 amide bonds. The minimum atomic E-state index is 0.788. The average molecular weight is 263 g/mol. The highest BCUT2D eigenvalue weighted by molar-refractivity contribution is 5.71. The quantitative estimate of drug-likeness (QED) is 0.744. The fourth-order valence-electron chi connectivity index (χ4n) is 2.43. The standard InChI is InChI=1S/C15H13N5/c1-2-5-14-11(4-1)8-13(18-19-14)9-12-10-17-20-15(12)6-3-7-16-20/h1-8,10,18-19H,9H2. The van der Waals surface area contributed by atoms with Gasteiger partial charge in [-0.2, -0.15) is 14.8 Å². The number of para-hydroxylation sites is 1. The van der Waals surface area contributed by atoms with Crippen LogP contribution in [0.1, 0.15) is 11.1 Å². The van der Waals surface area contributed by atoms with Crippen molar-refractivity contribution in [1.82, 2.24) is 20.3 Å². The van der Waals surface area contributed by atoms with Crippen LogP contribution in [0.25, 0.3) is 11.6 Å². The smallest absolute Gasteiger partial charge is 0.0909 e. The van der Waals surface area contributed by atoms with Crippen LogP contribution >= 0.6 is 0 Å². The van der Waals surface area contributed by atoms with Gasteiger partial charge >= 0.3 is 0 Å². The molecular weight excluding hydrogens is 250 g/mol. The number of anilines is 1. The van der Waals surface area contributed by atoms with Crippen molar-refractivity contribution in [1.29, 1.82) is 0 Å². The van der Waals surface area contributed by atoms with Crippen LogP contribution in [0, 0.1) is 0 Å². The van der Waals surface area contributed by atoms with Crippen LogP contribution in [0.3, 0.4) is 0 Å². The average Bonchev–Trinajstić information content (AvgIpc) is 2.91. The molecule has 0 spiro atoms. The van der Waals surface area contributed by atoms with Gasteiger partial charge in [-0.3, -0.25) is 0 Å². The van der Waals surface area contributed by atoms with E-state index in [1.165, 1.54) is 5.56 Å². The number of hydrazine groups is 1.